The molecule has 0 N–H and O–H groups in total. The molecule has 1 aliphatic heterocycles. The molecule has 0 spiro atoms. The predicted octanol–water partition coefficient (Wildman–Crippen LogP) is 2.37. The van der Waals surface area contributed by atoms with E-state index in [-0.39, 0.29) is 44.4 Å². The molecule has 0 amide bonds. The van der Waals surface area contributed by atoms with Crippen LogP contribution in [-0.2, 0) is 23.3 Å². The van der Waals surface area contributed by atoms with Crippen molar-refractivity contribution in [3.05, 3.63) is 42.1 Å². The molecule has 4 heterocycles. The lowest BCUT2D eigenvalue weighted by atomic mass is 9.86. The number of hydrogen-bond acceptors (Lipinski definition) is 9. The fourth-order valence-electron chi connectivity index (χ4n) is 3.31. The van der Waals surface area contributed by atoms with E-state index in [1.165, 1.54) is 13.3 Å². The summed E-state index contributed by atoms with van der Waals surface area (Å²) in [6.45, 7) is 0.0481. The van der Waals surface area contributed by atoms with Gasteiger partial charge in [0.15, 0.2) is 11.2 Å². The Bertz CT molecular complexity index is 961. The largest absolute Gasteiger partial charge is 0.404 e. The Hall–Kier alpha value is -2.86. The predicted molar refractivity (Wildman–Crippen MR) is 90.2 cm³/mol. The van der Waals surface area contributed by atoms with Crippen LogP contribution in [0.4, 0.5) is 13.2 Å². The van der Waals surface area contributed by atoms with Crippen LogP contribution in [0.5, 0.6) is 0 Å². The molecule has 1 fully saturated rings. The maximum atomic E-state index is 14.1. The molecule has 0 saturated carbocycles. The van der Waals surface area contributed by atoms with Gasteiger partial charge in [0, 0.05) is 38.2 Å². The molecule has 1 atom stereocenters. The number of hydrogen-bond donors (Lipinski definition) is 0. The van der Waals surface area contributed by atoms with Crippen LogP contribution < -0.4 is 0 Å². The van der Waals surface area contributed by atoms with E-state index in [4.69, 9.17) is 13.8 Å². The highest BCUT2D eigenvalue weighted by molar-refractivity contribution is 5.52. The minimum absolute atomic E-state index is 0.0660. The second-order valence-corrected chi connectivity index (χ2v) is 6.74. The van der Waals surface area contributed by atoms with Gasteiger partial charge in [-0.2, -0.15) is 23.1 Å². The van der Waals surface area contributed by atoms with Crippen molar-refractivity contribution >= 4 is 0 Å². The molecule has 29 heavy (non-hydrogen) atoms. The number of rotatable bonds is 6. The first-order valence-corrected chi connectivity index (χ1v) is 8.75. The van der Waals surface area contributed by atoms with Crippen LogP contribution in [0.25, 0.3) is 11.4 Å². The van der Waals surface area contributed by atoms with Gasteiger partial charge in [-0.05, 0) is 18.6 Å². The second kappa shape index (κ2) is 7.52. The number of nitrogens with zero attached hydrogens (tertiary/aromatic N) is 6. The zero-order chi connectivity index (χ0) is 20.5. The van der Waals surface area contributed by atoms with Gasteiger partial charge in [0.05, 0.1) is 6.54 Å². The standard InChI is InChI=1S/C17H17F3N6O3/c1-27-9-12-22-13(28-24-12)8-26-6-4-16(10-26,17(18,19)20)15-23-14(25-29-15)11-3-2-5-21-7-11/h2-3,5,7H,4,6,8-10H2,1H3. The van der Waals surface area contributed by atoms with Gasteiger partial charge in [-0.15, -0.1) is 0 Å². The third-order valence-electron chi connectivity index (χ3n) is 4.79. The molecule has 0 bridgehead atoms. The lowest BCUT2D eigenvalue weighted by Crippen LogP contribution is -2.45. The van der Waals surface area contributed by atoms with Crippen molar-refractivity contribution in [2.24, 2.45) is 0 Å². The summed E-state index contributed by atoms with van der Waals surface area (Å²) in [6, 6.07) is 3.29. The minimum Gasteiger partial charge on any atom is -0.377 e. The Kier molecular flexibility index (Phi) is 5.04. The molecule has 4 rings (SSSR count). The summed E-state index contributed by atoms with van der Waals surface area (Å²) in [5, 5.41) is 7.44. The number of aromatic nitrogens is 5. The van der Waals surface area contributed by atoms with Gasteiger partial charge in [-0.25, -0.2) is 0 Å². The van der Waals surface area contributed by atoms with Gasteiger partial charge in [-0.3, -0.25) is 9.88 Å². The molecule has 3 aromatic heterocycles. The van der Waals surface area contributed by atoms with Gasteiger partial charge in [0.2, 0.25) is 17.6 Å². The highest BCUT2D eigenvalue weighted by Crippen LogP contribution is 2.47. The lowest BCUT2D eigenvalue weighted by molar-refractivity contribution is -0.194. The SMILES string of the molecule is COCc1noc(CN2CCC(c3nc(-c4cccnc4)no3)(C(F)(F)F)C2)n1. The van der Waals surface area contributed by atoms with Crippen molar-refractivity contribution in [3.63, 3.8) is 0 Å². The van der Waals surface area contributed by atoms with Crippen molar-refractivity contribution in [2.45, 2.75) is 31.2 Å². The quantitative estimate of drug-likeness (QED) is 0.606. The number of likely N-dealkylation sites (tertiary alicyclic amines) is 1. The Morgan fingerprint density at radius 3 is 2.83 bits per heavy atom. The molecule has 1 aliphatic rings. The topological polar surface area (TPSA) is 103 Å². The van der Waals surface area contributed by atoms with Crippen molar-refractivity contribution in [2.75, 3.05) is 20.2 Å². The van der Waals surface area contributed by atoms with Crippen molar-refractivity contribution < 1.29 is 27.0 Å². The molecule has 12 heteroatoms. The molecule has 9 nitrogen and oxygen atoms in total. The van der Waals surface area contributed by atoms with E-state index in [1.54, 1.807) is 23.2 Å². The summed E-state index contributed by atoms with van der Waals surface area (Å²) in [5.74, 6) is 0.159. The van der Waals surface area contributed by atoms with E-state index in [2.05, 4.69) is 25.3 Å². The number of ether oxygens (including phenoxy) is 1. The Labute approximate surface area is 162 Å². The van der Waals surface area contributed by atoms with Gasteiger partial charge in [0.25, 0.3) is 0 Å². The molecular formula is C17H17F3N6O3. The lowest BCUT2D eigenvalue weighted by Gasteiger charge is -2.27. The molecule has 1 unspecified atom stereocenters. The van der Waals surface area contributed by atoms with Gasteiger partial charge in [-0.1, -0.05) is 10.3 Å². The van der Waals surface area contributed by atoms with E-state index in [0.717, 1.165) is 0 Å². The second-order valence-electron chi connectivity index (χ2n) is 6.74. The number of alkyl halides is 3. The highest BCUT2D eigenvalue weighted by atomic mass is 19.4. The van der Waals surface area contributed by atoms with Crippen LogP contribution in [0.15, 0.2) is 33.6 Å². The smallest absolute Gasteiger partial charge is 0.377 e. The molecule has 3 aromatic rings. The van der Waals surface area contributed by atoms with Crippen molar-refractivity contribution in [1.29, 1.82) is 0 Å². The zero-order valence-electron chi connectivity index (χ0n) is 15.4. The van der Waals surface area contributed by atoms with E-state index in [9.17, 15) is 13.2 Å². The molecule has 0 aromatic carbocycles. The van der Waals surface area contributed by atoms with Crippen molar-refractivity contribution in [3.8, 4) is 11.4 Å². The zero-order valence-corrected chi connectivity index (χ0v) is 15.4. The van der Waals surface area contributed by atoms with E-state index < -0.39 is 17.5 Å². The first-order valence-electron chi connectivity index (χ1n) is 8.75. The Morgan fingerprint density at radius 1 is 1.24 bits per heavy atom. The maximum Gasteiger partial charge on any atom is 0.404 e. The molecule has 154 valence electrons. The van der Waals surface area contributed by atoms with Gasteiger partial charge in [0.1, 0.15) is 6.61 Å². The summed E-state index contributed by atoms with van der Waals surface area (Å²) in [4.78, 5) is 13.6. The molecule has 0 aliphatic carbocycles. The van der Waals surface area contributed by atoms with E-state index in [0.29, 0.717) is 11.4 Å². The summed E-state index contributed by atoms with van der Waals surface area (Å²) < 4.78 is 57.3. The van der Waals surface area contributed by atoms with E-state index >= 15 is 0 Å². The minimum atomic E-state index is -4.57. The summed E-state index contributed by atoms with van der Waals surface area (Å²) in [6.07, 6.45) is -1.78. The average molecular weight is 410 g/mol. The normalized spacial score (nSPS) is 20.4. The molecule has 0 radical (unpaired) electrons. The van der Waals surface area contributed by atoms with Crippen LogP contribution in [-0.4, -0.2) is 56.5 Å². The summed E-state index contributed by atoms with van der Waals surface area (Å²) >= 11 is 0. The molecule has 1 saturated heterocycles. The highest BCUT2D eigenvalue weighted by Gasteiger charge is 2.62. The Morgan fingerprint density at radius 2 is 2.10 bits per heavy atom. The third kappa shape index (κ3) is 3.72. The monoisotopic (exact) mass is 410 g/mol. The van der Waals surface area contributed by atoms with Crippen LogP contribution >= 0.6 is 0 Å². The van der Waals surface area contributed by atoms with Crippen LogP contribution in [0.2, 0.25) is 0 Å². The Balaban J connectivity index is 1.56. The summed E-state index contributed by atoms with van der Waals surface area (Å²) in [5.41, 5.74) is -1.79. The molecular weight excluding hydrogens is 393 g/mol. The fraction of sp³-hybridized carbons (Fsp3) is 0.471. The van der Waals surface area contributed by atoms with E-state index in [1.807, 2.05) is 0 Å². The third-order valence-corrected chi connectivity index (χ3v) is 4.79. The fourth-order valence-corrected chi connectivity index (χ4v) is 3.31. The van der Waals surface area contributed by atoms with Crippen molar-refractivity contribution in [1.82, 2.24) is 30.2 Å². The number of pyridine rings is 1. The summed E-state index contributed by atoms with van der Waals surface area (Å²) in [7, 11) is 1.48. The first-order chi connectivity index (χ1) is 13.9. The first kappa shape index (κ1) is 19.5. The number of methoxy groups -OCH3 is 1. The average Bonchev–Trinajstić information content (AvgIpc) is 3.42. The van der Waals surface area contributed by atoms with Crippen LogP contribution in [0, 0.1) is 0 Å². The van der Waals surface area contributed by atoms with Crippen LogP contribution in [0.1, 0.15) is 24.0 Å². The number of halogens is 3. The van der Waals surface area contributed by atoms with Gasteiger partial charge >= 0.3 is 6.18 Å². The maximum absolute atomic E-state index is 14.1. The van der Waals surface area contributed by atoms with Crippen LogP contribution in [0.3, 0.4) is 0 Å². The van der Waals surface area contributed by atoms with Gasteiger partial charge < -0.3 is 13.8 Å².